The summed E-state index contributed by atoms with van der Waals surface area (Å²) >= 11 is 0. The Balaban J connectivity index is 1.13. The molecule has 0 fully saturated rings. The Hall–Kier alpha value is -8.39. The Bertz CT molecular complexity index is 3170. The molecule has 0 saturated carbocycles. The van der Waals surface area contributed by atoms with E-state index in [0.29, 0.717) is 11.1 Å². The van der Waals surface area contributed by atoms with Gasteiger partial charge in [-0.05, 0) is 155 Å². The Kier molecular flexibility index (Phi) is 11.1. The predicted octanol–water partition coefficient (Wildman–Crippen LogP) is 16.9. The fourth-order valence-corrected chi connectivity index (χ4v) is 8.57. The van der Waals surface area contributed by atoms with Crippen molar-refractivity contribution in [3.63, 3.8) is 0 Å². The summed E-state index contributed by atoms with van der Waals surface area (Å²) in [5, 5.41) is 0. The van der Waals surface area contributed by atoms with Crippen molar-refractivity contribution < 1.29 is 4.79 Å². The molecule has 1 heteroatoms. The number of carbonyl (C=O) groups is 1. The van der Waals surface area contributed by atoms with Crippen molar-refractivity contribution in [3.05, 3.63) is 272 Å². The van der Waals surface area contributed by atoms with Crippen molar-refractivity contribution >= 4 is 11.9 Å². The number of rotatable bonds is 11. The van der Waals surface area contributed by atoms with Crippen molar-refractivity contribution in [3.8, 4) is 89.0 Å². The smallest absolute Gasteiger partial charge is 0.193 e. The summed E-state index contributed by atoms with van der Waals surface area (Å²) in [5.41, 5.74) is 19.4. The Morgan fingerprint density at radius 2 is 0.484 bits per heavy atom. The topological polar surface area (TPSA) is 17.1 Å². The van der Waals surface area contributed by atoms with Crippen molar-refractivity contribution in [1.82, 2.24) is 0 Å². The van der Waals surface area contributed by atoms with Crippen LogP contribution >= 0.6 is 0 Å². The van der Waals surface area contributed by atoms with Crippen LogP contribution in [0.4, 0.5) is 0 Å². The molecule has 0 aromatic heterocycles. The van der Waals surface area contributed by atoms with Gasteiger partial charge < -0.3 is 0 Å². The second kappa shape index (κ2) is 17.9. The molecule has 0 saturated heterocycles. The number of hydrogen-bond donors (Lipinski definition) is 0. The molecule has 0 amide bonds. The van der Waals surface area contributed by atoms with E-state index in [1.807, 2.05) is 24.3 Å². The second-order valence-corrected chi connectivity index (χ2v) is 16.2. The molecule has 0 heterocycles. The lowest BCUT2D eigenvalue weighted by atomic mass is 9.88. The highest BCUT2D eigenvalue weighted by Crippen LogP contribution is 2.37. The van der Waals surface area contributed by atoms with Gasteiger partial charge in [0, 0.05) is 11.1 Å². The molecule has 10 aromatic carbocycles. The van der Waals surface area contributed by atoms with E-state index in [9.17, 15) is 0 Å². The lowest BCUT2D eigenvalue weighted by Crippen LogP contribution is -2.03. The van der Waals surface area contributed by atoms with Gasteiger partial charge >= 0.3 is 0 Å². The van der Waals surface area contributed by atoms with Crippen LogP contribution in [0.3, 0.4) is 0 Å². The van der Waals surface area contributed by atoms with Gasteiger partial charge in [0.15, 0.2) is 5.78 Å². The van der Waals surface area contributed by atoms with Gasteiger partial charge in [0.05, 0.1) is 0 Å². The zero-order valence-corrected chi connectivity index (χ0v) is 35.4. The summed E-state index contributed by atoms with van der Waals surface area (Å²) in [5.74, 6) is -0.0417. The quantitative estimate of drug-likeness (QED) is 0.119. The van der Waals surface area contributed by atoms with Crippen LogP contribution < -0.4 is 0 Å². The van der Waals surface area contributed by atoms with Crippen LogP contribution in [0.1, 0.15) is 21.5 Å². The molecule has 0 spiro atoms. The molecule has 0 aliphatic rings. The average molecular weight is 817 g/mol. The van der Waals surface area contributed by atoms with Crippen molar-refractivity contribution in [2.24, 2.45) is 0 Å². The summed E-state index contributed by atoms with van der Waals surface area (Å²) in [6.45, 7) is 3.93. The first kappa shape index (κ1) is 39.7. The first-order chi connectivity index (χ1) is 31.5. The van der Waals surface area contributed by atoms with E-state index in [0.717, 1.165) is 94.6 Å². The number of carbonyl (C=O) groups excluding carboxylic acids is 1. The summed E-state index contributed by atoms with van der Waals surface area (Å²) in [4.78, 5) is 15.4. The molecule has 0 bridgehead atoms. The largest absolute Gasteiger partial charge is 0.289 e. The maximum Gasteiger partial charge on any atom is 0.193 e. The summed E-state index contributed by atoms with van der Waals surface area (Å²) in [6.07, 6.45) is 1.86. The van der Waals surface area contributed by atoms with Gasteiger partial charge in [-0.3, -0.25) is 4.79 Å². The van der Waals surface area contributed by atoms with Crippen LogP contribution in [0.15, 0.2) is 255 Å². The summed E-state index contributed by atoms with van der Waals surface area (Å²) in [7, 11) is 0. The zero-order chi connectivity index (χ0) is 43.2. The molecule has 10 aromatic rings. The minimum Gasteiger partial charge on any atom is -0.289 e. The SMILES string of the molecule is C=Cc1ccc(-c2cccc(-c3cc(C(=O)c4cc(-c5cccc(-c6ccccc6)c5)cc(-c5cccc(-c6ccccc6)c5)c4)cc(-c4cccc(-c5ccccc5)c4)c3)c2)cc1. The van der Waals surface area contributed by atoms with Crippen LogP contribution in [0.25, 0.3) is 95.1 Å². The Labute approximate surface area is 376 Å². The van der Waals surface area contributed by atoms with Crippen molar-refractivity contribution in [2.45, 2.75) is 0 Å². The van der Waals surface area contributed by atoms with E-state index in [1.165, 1.54) is 0 Å². The molecular formula is C63H44O. The highest BCUT2D eigenvalue weighted by molar-refractivity contribution is 6.11. The molecule has 10 rings (SSSR count). The van der Waals surface area contributed by atoms with Gasteiger partial charge in [-0.25, -0.2) is 0 Å². The molecule has 0 unspecified atom stereocenters. The molecule has 0 radical (unpaired) electrons. The molecule has 64 heavy (non-hydrogen) atoms. The molecule has 302 valence electrons. The fourth-order valence-electron chi connectivity index (χ4n) is 8.57. The minimum atomic E-state index is -0.0417. The molecule has 0 aliphatic carbocycles. The van der Waals surface area contributed by atoms with Crippen LogP contribution in [0, 0.1) is 0 Å². The first-order valence-electron chi connectivity index (χ1n) is 21.7. The third-order valence-electron chi connectivity index (χ3n) is 12.0. The normalized spacial score (nSPS) is 10.9. The van der Waals surface area contributed by atoms with E-state index in [2.05, 4.69) is 237 Å². The molecule has 1 nitrogen and oxygen atoms in total. The number of benzene rings is 10. The second-order valence-electron chi connectivity index (χ2n) is 16.2. The van der Waals surface area contributed by atoms with Crippen molar-refractivity contribution in [1.29, 1.82) is 0 Å². The number of ketones is 1. The number of hydrogen-bond acceptors (Lipinski definition) is 1. The van der Waals surface area contributed by atoms with Gasteiger partial charge in [-0.15, -0.1) is 0 Å². The van der Waals surface area contributed by atoms with E-state index in [-0.39, 0.29) is 5.78 Å². The Morgan fingerprint density at radius 3 is 0.766 bits per heavy atom. The monoisotopic (exact) mass is 816 g/mol. The van der Waals surface area contributed by atoms with Crippen LogP contribution in [-0.2, 0) is 0 Å². The zero-order valence-electron chi connectivity index (χ0n) is 35.4. The highest BCUT2D eigenvalue weighted by Gasteiger charge is 2.18. The van der Waals surface area contributed by atoms with Gasteiger partial charge in [0.2, 0.25) is 0 Å². The maximum atomic E-state index is 15.4. The predicted molar refractivity (Wildman–Crippen MR) is 270 cm³/mol. The van der Waals surface area contributed by atoms with Gasteiger partial charge in [0.25, 0.3) is 0 Å². The molecule has 0 N–H and O–H groups in total. The molecular weight excluding hydrogens is 773 g/mol. The third-order valence-corrected chi connectivity index (χ3v) is 12.0. The van der Waals surface area contributed by atoms with Crippen molar-refractivity contribution in [2.75, 3.05) is 0 Å². The van der Waals surface area contributed by atoms with E-state index < -0.39 is 0 Å². The van der Waals surface area contributed by atoms with Crippen LogP contribution in [-0.4, -0.2) is 5.78 Å². The average Bonchev–Trinajstić information content (AvgIpc) is 3.39. The summed E-state index contributed by atoms with van der Waals surface area (Å²) < 4.78 is 0. The lowest BCUT2D eigenvalue weighted by Gasteiger charge is -2.15. The fraction of sp³-hybridized carbons (Fsp3) is 0. The maximum absolute atomic E-state index is 15.4. The highest BCUT2D eigenvalue weighted by atomic mass is 16.1. The van der Waals surface area contributed by atoms with Gasteiger partial charge in [-0.1, -0.05) is 201 Å². The minimum absolute atomic E-state index is 0.0417. The van der Waals surface area contributed by atoms with E-state index in [4.69, 9.17) is 0 Å². The first-order valence-corrected chi connectivity index (χ1v) is 21.7. The van der Waals surface area contributed by atoms with Gasteiger partial charge in [-0.2, -0.15) is 0 Å². The summed E-state index contributed by atoms with van der Waals surface area (Å²) in [6, 6.07) is 86.8. The molecule has 0 atom stereocenters. The van der Waals surface area contributed by atoms with Gasteiger partial charge in [0.1, 0.15) is 0 Å². The third kappa shape index (κ3) is 8.57. The van der Waals surface area contributed by atoms with E-state index >= 15 is 4.79 Å². The standard InChI is InChI=1S/C63H44O/c1-2-44-30-32-48(33-31-44)52-25-15-29-56(37-52)60-39-59(55-28-14-24-51(36-55)47-20-10-5-11-21-47)42-62(43-60)63(64)61-40-57(53-26-12-22-49(34-53)45-16-6-3-7-17-45)38-58(41-61)54-27-13-23-50(35-54)46-18-8-4-9-19-46/h2-43H,1H2. The molecule has 0 aliphatic heterocycles. The Morgan fingerprint density at radius 1 is 0.250 bits per heavy atom. The van der Waals surface area contributed by atoms with Crippen LogP contribution in [0.5, 0.6) is 0 Å². The van der Waals surface area contributed by atoms with E-state index in [1.54, 1.807) is 0 Å². The van der Waals surface area contributed by atoms with Crippen LogP contribution in [0.2, 0.25) is 0 Å². The lowest BCUT2D eigenvalue weighted by molar-refractivity contribution is 0.103.